The lowest BCUT2D eigenvalue weighted by Gasteiger charge is -2.17. The van der Waals surface area contributed by atoms with Gasteiger partial charge in [-0.25, -0.2) is 0 Å². The van der Waals surface area contributed by atoms with Gasteiger partial charge in [0.25, 0.3) is 0 Å². The van der Waals surface area contributed by atoms with Crippen LogP contribution in [0.3, 0.4) is 0 Å². The molecule has 0 amide bonds. The van der Waals surface area contributed by atoms with Gasteiger partial charge in [0.1, 0.15) is 5.76 Å². The third-order valence-corrected chi connectivity index (χ3v) is 3.72. The smallest absolute Gasteiger partial charge is 0.191 e. The van der Waals surface area contributed by atoms with Crippen LogP contribution in [0, 0.1) is 0 Å². The summed E-state index contributed by atoms with van der Waals surface area (Å²) in [5.41, 5.74) is 0. The van der Waals surface area contributed by atoms with E-state index in [0.717, 1.165) is 57.1 Å². The minimum atomic E-state index is 0. The van der Waals surface area contributed by atoms with Crippen LogP contribution in [0.25, 0.3) is 0 Å². The zero-order valence-corrected chi connectivity index (χ0v) is 15.8. The van der Waals surface area contributed by atoms with Crippen LogP contribution in [0.1, 0.15) is 38.9 Å². The molecule has 1 saturated heterocycles. The Morgan fingerprint density at radius 3 is 3.00 bits per heavy atom. The molecule has 1 fully saturated rings. The van der Waals surface area contributed by atoms with E-state index in [1.54, 1.807) is 6.26 Å². The summed E-state index contributed by atoms with van der Waals surface area (Å²) >= 11 is 0. The van der Waals surface area contributed by atoms with Crippen molar-refractivity contribution in [2.75, 3.05) is 19.7 Å². The van der Waals surface area contributed by atoms with E-state index in [1.807, 2.05) is 12.1 Å². The Kier molecular flexibility index (Phi) is 9.54. The number of rotatable bonds is 7. The first-order chi connectivity index (χ1) is 10.3. The van der Waals surface area contributed by atoms with Crippen molar-refractivity contribution in [3.8, 4) is 0 Å². The summed E-state index contributed by atoms with van der Waals surface area (Å²) in [7, 11) is 0. The number of hydrogen-bond acceptors (Lipinski definition) is 3. The zero-order chi connectivity index (χ0) is 14.9. The van der Waals surface area contributed by atoms with Crippen LogP contribution >= 0.6 is 24.0 Å². The lowest BCUT2D eigenvalue weighted by molar-refractivity contribution is 0.117. The number of aliphatic imine (C=N–C) groups is 1. The quantitative estimate of drug-likeness (QED) is 0.404. The van der Waals surface area contributed by atoms with E-state index >= 15 is 0 Å². The average Bonchev–Trinajstić information content (AvgIpc) is 3.17. The molecule has 126 valence electrons. The molecule has 2 atom stereocenters. The minimum absolute atomic E-state index is 0. The van der Waals surface area contributed by atoms with E-state index in [2.05, 4.69) is 29.5 Å². The van der Waals surface area contributed by atoms with E-state index in [9.17, 15) is 0 Å². The van der Waals surface area contributed by atoms with E-state index in [1.165, 1.54) is 0 Å². The minimum Gasteiger partial charge on any atom is -0.469 e. The molecule has 0 spiro atoms. The molecule has 1 aliphatic heterocycles. The summed E-state index contributed by atoms with van der Waals surface area (Å²) in [4.78, 5) is 4.65. The maximum absolute atomic E-state index is 5.62. The van der Waals surface area contributed by atoms with Crippen molar-refractivity contribution in [1.82, 2.24) is 10.6 Å². The third kappa shape index (κ3) is 7.00. The van der Waals surface area contributed by atoms with Crippen LogP contribution in [0.15, 0.2) is 27.8 Å². The predicted octanol–water partition coefficient (Wildman–Crippen LogP) is 2.95. The van der Waals surface area contributed by atoms with Gasteiger partial charge in [-0.05, 0) is 38.3 Å². The molecule has 0 aromatic carbocycles. The Bertz CT molecular complexity index is 417. The number of hydrogen-bond donors (Lipinski definition) is 2. The Morgan fingerprint density at radius 2 is 2.36 bits per heavy atom. The summed E-state index contributed by atoms with van der Waals surface area (Å²) in [6.45, 7) is 6.74. The summed E-state index contributed by atoms with van der Waals surface area (Å²) < 4.78 is 11.0. The number of ether oxygens (including phenoxy) is 1. The second-order valence-electron chi connectivity index (χ2n) is 5.53. The first-order valence-corrected chi connectivity index (χ1v) is 7.96. The molecule has 0 aliphatic carbocycles. The molecule has 0 radical (unpaired) electrons. The van der Waals surface area contributed by atoms with Crippen molar-refractivity contribution in [1.29, 1.82) is 0 Å². The lowest BCUT2D eigenvalue weighted by Crippen LogP contribution is -2.43. The van der Waals surface area contributed by atoms with Crippen molar-refractivity contribution < 1.29 is 9.15 Å². The standard InChI is InChI=1S/C16H27N3O2.HI/c1-3-13(2)19-16(18-12-15-7-5-11-21-15)17-9-8-14-6-4-10-20-14;/h4,6,10,13,15H,3,5,7-9,11-12H2,1-2H3,(H2,17,18,19);1H. The maximum Gasteiger partial charge on any atom is 0.191 e. The summed E-state index contributed by atoms with van der Waals surface area (Å²) in [6, 6.07) is 4.32. The van der Waals surface area contributed by atoms with Gasteiger partial charge < -0.3 is 19.8 Å². The van der Waals surface area contributed by atoms with Crippen LogP contribution in [-0.2, 0) is 11.2 Å². The molecule has 1 aromatic heterocycles. The molecule has 22 heavy (non-hydrogen) atoms. The average molecular weight is 421 g/mol. The van der Waals surface area contributed by atoms with Gasteiger partial charge in [0, 0.05) is 25.6 Å². The third-order valence-electron chi connectivity index (χ3n) is 3.72. The fourth-order valence-corrected chi connectivity index (χ4v) is 2.23. The highest BCUT2D eigenvalue weighted by atomic mass is 127. The molecule has 2 unspecified atom stereocenters. The molecule has 1 aliphatic rings. The number of furan rings is 1. The number of nitrogens with one attached hydrogen (secondary N) is 2. The van der Waals surface area contributed by atoms with Crippen LogP contribution in [0.2, 0.25) is 0 Å². The van der Waals surface area contributed by atoms with Crippen LogP contribution in [-0.4, -0.2) is 37.8 Å². The fourth-order valence-electron chi connectivity index (χ4n) is 2.23. The van der Waals surface area contributed by atoms with Crippen LogP contribution in [0.4, 0.5) is 0 Å². The van der Waals surface area contributed by atoms with Gasteiger partial charge in [0.2, 0.25) is 0 Å². The summed E-state index contributed by atoms with van der Waals surface area (Å²) in [6.07, 6.45) is 6.18. The Balaban J connectivity index is 0.00000242. The highest BCUT2D eigenvalue weighted by molar-refractivity contribution is 14.0. The van der Waals surface area contributed by atoms with Crippen molar-refractivity contribution >= 4 is 29.9 Å². The highest BCUT2D eigenvalue weighted by Gasteiger charge is 2.15. The molecule has 5 nitrogen and oxygen atoms in total. The van der Waals surface area contributed by atoms with Crippen molar-refractivity contribution in [2.45, 2.75) is 51.7 Å². The summed E-state index contributed by atoms with van der Waals surface area (Å²) in [5, 5.41) is 6.79. The largest absolute Gasteiger partial charge is 0.469 e. The molecule has 1 aromatic rings. The van der Waals surface area contributed by atoms with Crippen molar-refractivity contribution in [2.24, 2.45) is 4.99 Å². The van der Waals surface area contributed by atoms with Gasteiger partial charge >= 0.3 is 0 Å². The van der Waals surface area contributed by atoms with Crippen molar-refractivity contribution in [3.63, 3.8) is 0 Å². The van der Waals surface area contributed by atoms with Gasteiger partial charge in [-0.3, -0.25) is 4.99 Å². The monoisotopic (exact) mass is 421 g/mol. The maximum atomic E-state index is 5.62. The molecule has 6 heteroatoms. The topological polar surface area (TPSA) is 58.8 Å². The van der Waals surface area contributed by atoms with Crippen molar-refractivity contribution in [3.05, 3.63) is 24.2 Å². The van der Waals surface area contributed by atoms with Gasteiger partial charge in [-0.1, -0.05) is 6.92 Å². The molecule has 0 bridgehead atoms. The second kappa shape index (κ2) is 10.9. The molecule has 2 rings (SSSR count). The van der Waals surface area contributed by atoms with E-state index in [-0.39, 0.29) is 30.1 Å². The van der Waals surface area contributed by atoms with E-state index in [4.69, 9.17) is 9.15 Å². The molecule has 0 saturated carbocycles. The van der Waals surface area contributed by atoms with E-state index < -0.39 is 0 Å². The number of guanidine groups is 1. The summed E-state index contributed by atoms with van der Waals surface area (Å²) in [5.74, 6) is 1.86. The first-order valence-electron chi connectivity index (χ1n) is 7.96. The molecule has 2 heterocycles. The van der Waals surface area contributed by atoms with Crippen LogP contribution < -0.4 is 10.6 Å². The van der Waals surface area contributed by atoms with Gasteiger partial charge in [-0.15, -0.1) is 24.0 Å². The lowest BCUT2D eigenvalue weighted by atomic mass is 10.2. The normalized spacial score (nSPS) is 19.5. The highest BCUT2D eigenvalue weighted by Crippen LogP contribution is 2.11. The Morgan fingerprint density at radius 1 is 1.50 bits per heavy atom. The first kappa shape index (κ1) is 19.3. The van der Waals surface area contributed by atoms with Gasteiger partial charge in [0.15, 0.2) is 5.96 Å². The number of halogens is 1. The predicted molar refractivity (Wildman–Crippen MR) is 100.0 cm³/mol. The SMILES string of the molecule is CCC(C)NC(=NCC1CCCO1)NCCc1ccco1.I. The van der Waals surface area contributed by atoms with Gasteiger partial charge in [0.05, 0.1) is 18.9 Å². The van der Waals surface area contributed by atoms with Crippen LogP contribution in [0.5, 0.6) is 0 Å². The molecule has 2 N–H and O–H groups in total. The van der Waals surface area contributed by atoms with E-state index in [0.29, 0.717) is 6.04 Å². The Labute approximate surface area is 150 Å². The second-order valence-corrected chi connectivity index (χ2v) is 5.53. The molecular formula is C16H28IN3O2. The Hall–Kier alpha value is -0.760. The zero-order valence-electron chi connectivity index (χ0n) is 13.5. The van der Waals surface area contributed by atoms with Gasteiger partial charge in [-0.2, -0.15) is 0 Å². The number of nitrogens with zero attached hydrogens (tertiary/aromatic N) is 1. The molecular weight excluding hydrogens is 393 g/mol. The fraction of sp³-hybridized carbons (Fsp3) is 0.688.